The third-order valence-corrected chi connectivity index (χ3v) is 6.05. The van der Waals surface area contributed by atoms with Gasteiger partial charge in [-0.1, -0.05) is 31.9 Å². The highest BCUT2D eigenvalue weighted by molar-refractivity contribution is 5.78. The Kier molecular flexibility index (Phi) is 6.20. The Morgan fingerprint density at radius 3 is 2.77 bits per heavy atom. The average molecular weight is 360 g/mol. The lowest BCUT2D eigenvalue weighted by atomic mass is 9.66. The van der Waals surface area contributed by atoms with Gasteiger partial charge >= 0.3 is 0 Å². The molecule has 0 unspecified atom stereocenters. The molecule has 2 fully saturated rings. The number of hydrogen-bond acceptors (Lipinski definition) is 4. The van der Waals surface area contributed by atoms with Gasteiger partial charge in [0.15, 0.2) is 0 Å². The molecule has 1 amide bonds. The maximum atomic E-state index is 12.4. The number of ether oxygens (including phenoxy) is 1. The van der Waals surface area contributed by atoms with Gasteiger partial charge in [0.25, 0.3) is 0 Å². The highest BCUT2D eigenvalue weighted by Gasteiger charge is 2.49. The molecule has 0 aromatic heterocycles. The first-order valence-electron chi connectivity index (χ1n) is 9.94. The molecule has 2 aliphatic rings. The van der Waals surface area contributed by atoms with Crippen molar-refractivity contribution in [2.45, 2.75) is 57.1 Å². The highest BCUT2D eigenvalue weighted by atomic mass is 16.5. The second-order valence-electron chi connectivity index (χ2n) is 7.74. The fraction of sp³-hybridized carbons (Fsp3) is 0.667. The van der Waals surface area contributed by atoms with Gasteiger partial charge in [-0.25, -0.2) is 0 Å². The van der Waals surface area contributed by atoms with Crippen LogP contribution in [0.4, 0.5) is 0 Å². The van der Waals surface area contributed by atoms with Crippen LogP contribution in [-0.2, 0) is 4.79 Å². The Morgan fingerprint density at radius 2 is 2.08 bits per heavy atom. The Hall–Kier alpha value is -1.59. The minimum atomic E-state index is -0.598. The van der Waals surface area contributed by atoms with E-state index in [0.29, 0.717) is 13.1 Å². The Balaban J connectivity index is 1.85. The molecule has 2 N–H and O–H groups in total. The predicted molar refractivity (Wildman–Crippen MR) is 102 cm³/mol. The fourth-order valence-electron chi connectivity index (χ4n) is 4.67. The summed E-state index contributed by atoms with van der Waals surface area (Å²) in [6.45, 7) is 3.92. The first kappa shape index (κ1) is 19.2. The summed E-state index contributed by atoms with van der Waals surface area (Å²) in [5.41, 5.74) is 0.568. The minimum absolute atomic E-state index is 0.0756. The molecular weight excluding hydrogens is 328 g/mol. The van der Waals surface area contributed by atoms with Crippen LogP contribution >= 0.6 is 0 Å². The smallest absolute Gasteiger partial charge is 0.234 e. The normalized spacial score (nSPS) is 29.0. The zero-order chi connectivity index (χ0) is 18.6. The summed E-state index contributed by atoms with van der Waals surface area (Å²) in [5.74, 6) is 1.08. The van der Waals surface area contributed by atoms with E-state index in [1.807, 2.05) is 12.1 Å². The first-order valence-corrected chi connectivity index (χ1v) is 9.94. The molecular formula is C21H32N2O3. The number of hydrogen-bond donors (Lipinski definition) is 2. The molecule has 1 saturated heterocycles. The van der Waals surface area contributed by atoms with Crippen LogP contribution in [0.15, 0.2) is 24.3 Å². The monoisotopic (exact) mass is 360 g/mol. The molecule has 3 atom stereocenters. The number of nitrogens with one attached hydrogen (secondary N) is 1. The van der Waals surface area contributed by atoms with Crippen LogP contribution in [0.3, 0.4) is 0 Å². The minimum Gasteiger partial charge on any atom is -0.497 e. The van der Waals surface area contributed by atoms with E-state index in [4.69, 9.17) is 4.74 Å². The van der Waals surface area contributed by atoms with E-state index in [1.54, 1.807) is 7.11 Å². The molecule has 5 heteroatoms. The van der Waals surface area contributed by atoms with Gasteiger partial charge in [-0.3, -0.25) is 9.69 Å². The van der Waals surface area contributed by atoms with Crippen LogP contribution < -0.4 is 10.1 Å². The number of carbonyl (C=O) groups is 1. The fourth-order valence-corrected chi connectivity index (χ4v) is 4.67. The molecule has 0 bridgehead atoms. The number of rotatable bonds is 6. The van der Waals surface area contributed by atoms with Crippen LogP contribution in [0.25, 0.3) is 0 Å². The predicted octanol–water partition coefficient (Wildman–Crippen LogP) is 2.89. The average Bonchev–Trinajstić information content (AvgIpc) is 2.66. The molecule has 1 aromatic carbocycles. The zero-order valence-electron chi connectivity index (χ0n) is 16.0. The molecule has 1 aromatic rings. The first-order chi connectivity index (χ1) is 12.6. The third-order valence-electron chi connectivity index (χ3n) is 6.05. The quantitative estimate of drug-likeness (QED) is 0.819. The summed E-state index contributed by atoms with van der Waals surface area (Å²) >= 11 is 0. The van der Waals surface area contributed by atoms with Gasteiger partial charge < -0.3 is 15.2 Å². The van der Waals surface area contributed by atoms with Crippen molar-refractivity contribution in [3.8, 4) is 5.75 Å². The molecule has 0 radical (unpaired) electrons. The molecule has 144 valence electrons. The van der Waals surface area contributed by atoms with Crippen molar-refractivity contribution >= 4 is 5.91 Å². The molecule has 1 heterocycles. The second kappa shape index (κ2) is 8.40. The number of likely N-dealkylation sites (tertiary alicyclic amines) is 1. The van der Waals surface area contributed by atoms with Gasteiger partial charge in [0.1, 0.15) is 5.75 Å². The molecule has 1 aliphatic carbocycles. The zero-order valence-corrected chi connectivity index (χ0v) is 16.0. The van der Waals surface area contributed by atoms with Crippen molar-refractivity contribution in [1.29, 1.82) is 0 Å². The van der Waals surface area contributed by atoms with E-state index < -0.39 is 5.60 Å². The Labute approximate surface area is 156 Å². The molecule has 5 nitrogen and oxygen atoms in total. The summed E-state index contributed by atoms with van der Waals surface area (Å²) in [6.07, 6.45) is 5.83. The highest BCUT2D eigenvalue weighted by Crippen LogP contribution is 2.49. The number of amides is 1. The van der Waals surface area contributed by atoms with Crippen molar-refractivity contribution in [3.63, 3.8) is 0 Å². The van der Waals surface area contributed by atoms with Gasteiger partial charge in [-0.15, -0.1) is 0 Å². The molecule has 3 rings (SSSR count). The number of nitrogens with zero attached hydrogens (tertiary/aromatic N) is 1. The van der Waals surface area contributed by atoms with E-state index in [2.05, 4.69) is 29.3 Å². The lowest BCUT2D eigenvalue weighted by molar-refractivity contribution is -0.137. The number of benzene rings is 1. The standard InChI is InChI=1S/C21H32N2O3/c1-3-13-22-19(24)15-23-14-12-21(25)11-5-4-6-18(21)20(23)16-7-9-17(26-2)10-8-16/h7-10,18,20,25H,3-6,11-15H2,1-2H3,(H,22,24)/t18-,20-,21+/m0/s1. The largest absolute Gasteiger partial charge is 0.497 e. The topological polar surface area (TPSA) is 61.8 Å². The number of carbonyl (C=O) groups excluding carboxylic acids is 1. The summed E-state index contributed by atoms with van der Waals surface area (Å²) in [5, 5.41) is 14.3. The van der Waals surface area contributed by atoms with Crippen LogP contribution in [-0.4, -0.2) is 48.3 Å². The van der Waals surface area contributed by atoms with Crippen molar-refractivity contribution in [3.05, 3.63) is 29.8 Å². The second-order valence-corrected chi connectivity index (χ2v) is 7.74. The number of methoxy groups -OCH3 is 1. The molecule has 1 saturated carbocycles. The van der Waals surface area contributed by atoms with Gasteiger partial charge in [-0.2, -0.15) is 0 Å². The van der Waals surface area contributed by atoms with Crippen molar-refractivity contribution in [2.75, 3.05) is 26.7 Å². The third kappa shape index (κ3) is 4.04. The number of piperidine rings is 1. The summed E-state index contributed by atoms with van der Waals surface area (Å²) in [6, 6.07) is 8.19. The van der Waals surface area contributed by atoms with Gasteiger partial charge in [0.05, 0.1) is 19.3 Å². The van der Waals surface area contributed by atoms with Crippen LogP contribution in [0.1, 0.15) is 57.1 Å². The summed E-state index contributed by atoms with van der Waals surface area (Å²) in [4.78, 5) is 14.6. The van der Waals surface area contributed by atoms with E-state index >= 15 is 0 Å². The molecule has 26 heavy (non-hydrogen) atoms. The van der Waals surface area contributed by atoms with Crippen molar-refractivity contribution in [1.82, 2.24) is 10.2 Å². The lowest BCUT2D eigenvalue weighted by Gasteiger charge is -2.52. The van der Waals surface area contributed by atoms with Crippen LogP contribution in [0, 0.1) is 5.92 Å². The van der Waals surface area contributed by atoms with E-state index in [9.17, 15) is 9.90 Å². The lowest BCUT2D eigenvalue weighted by Crippen LogP contribution is -2.56. The van der Waals surface area contributed by atoms with Gasteiger partial charge in [0, 0.05) is 25.0 Å². The van der Waals surface area contributed by atoms with E-state index in [1.165, 1.54) is 5.56 Å². The van der Waals surface area contributed by atoms with Crippen molar-refractivity contribution < 1.29 is 14.6 Å². The van der Waals surface area contributed by atoms with Gasteiger partial charge in [-0.05, 0) is 43.4 Å². The SMILES string of the molecule is CCCNC(=O)CN1CC[C@]2(O)CCCC[C@H]2[C@@H]1c1ccc(OC)cc1. The molecule has 1 aliphatic heterocycles. The van der Waals surface area contributed by atoms with Crippen LogP contribution in [0.5, 0.6) is 5.75 Å². The number of fused-ring (bicyclic) bond motifs is 1. The van der Waals surface area contributed by atoms with Crippen molar-refractivity contribution in [2.24, 2.45) is 5.92 Å². The summed E-state index contributed by atoms with van der Waals surface area (Å²) in [7, 11) is 1.67. The molecule has 0 spiro atoms. The van der Waals surface area contributed by atoms with Gasteiger partial charge in [0.2, 0.25) is 5.91 Å². The Morgan fingerprint density at radius 1 is 1.31 bits per heavy atom. The van der Waals surface area contributed by atoms with E-state index in [-0.39, 0.29) is 17.9 Å². The van der Waals surface area contributed by atoms with E-state index in [0.717, 1.165) is 50.8 Å². The maximum absolute atomic E-state index is 12.4. The van der Waals surface area contributed by atoms with Crippen LogP contribution in [0.2, 0.25) is 0 Å². The number of aliphatic hydroxyl groups is 1. The summed E-state index contributed by atoms with van der Waals surface area (Å²) < 4.78 is 5.29. The maximum Gasteiger partial charge on any atom is 0.234 e. The Bertz CT molecular complexity index is 604.